The maximum atomic E-state index is 12.9. The number of nitrogens with one attached hydrogen (secondary N) is 2. The highest BCUT2D eigenvalue weighted by atomic mass is 32.2. The van der Waals surface area contributed by atoms with E-state index < -0.39 is 15.8 Å². The summed E-state index contributed by atoms with van der Waals surface area (Å²) in [6.45, 7) is 2.00. The summed E-state index contributed by atoms with van der Waals surface area (Å²) in [7, 11) is -3.81. The maximum absolute atomic E-state index is 12.9. The number of hydrogen-bond acceptors (Lipinski definition) is 4. The number of pyridine rings is 1. The number of aryl methyl sites for hydroxylation is 1. The van der Waals surface area contributed by atoms with Crippen molar-refractivity contribution in [3.63, 3.8) is 0 Å². The Morgan fingerprint density at radius 1 is 0.960 bits per heavy atom. The second kappa shape index (κ2) is 6.90. The first kappa shape index (κ1) is 16.9. The van der Waals surface area contributed by atoms with Gasteiger partial charge in [-0.25, -0.2) is 17.8 Å². The second-order valence-corrected chi connectivity index (χ2v) is 7.17. The molecule has 2 N–H and O–H groups in total. The Labute approximate surface area is 145 Å². The van der Waals surface area contributed by atoms with Gasteiger partial charge in [-0.1, -0.05) is 12.1 Å². The van der Waals surface area contributed by atoms with Crippen LogP contribution in [-0.4, -0.2) is 13.4 Å². The molecular weight excluding hydrogens is 341 g/mol. The molecule has 0 aliphatic rings. The fourth-order valence-corrected chi connectivity index (χ4v) is 3.24. The molecule has 0 fully saturated rings. The largest absolute Gasteiger partial charge is 0.354 e. The van der Waals surface area contributed by atoms with Gasteiger partial charge in [0.1, 0.15) is 11.6 Å². The molecule has 3 rings (SSSR count). The van der Waals surface area contributed by atoms with Crippen LogP contribution in [0.2, 0.25) is 0 Å². The first-order valence-electron chi connectivity index (χ1n) is 7.50. The molecule has 0 aliphatic heterocycles. The number of benzene rings is 2. The fourth-order valence-electron chi connectivity index (χ4n) is 2.23. The monoisotopic (exact) mass is 357 g/mol. The molecule has 2 aromatic carbocycles. The van der Waals surface area contributed by atoms with Gasteiger partial charge in [0.05, 0.1) is 16.8 Å². The highest BCUT2D eigenvalue weighted by Crippen LogP contribution is 2.19. The fraction of sp³-hybridized carbons (Fsp3) is 0.0556. The van der Waals surface area contributed by atoms with Crippen LogP contribution in [0.4, 0.5) is 21.6 Å². The van der Waals surface area contributed by atoms with E-state index in [9.17, 15) is 12.8 Å². The molecule has 0 spiro atoms. The molecule has 0 bridgehead atoms. The van der Waals surface area contributed by atoms with Crippen molar-refractivity contribution >= 4 is 27.2 Å². The van der Waals surface area contributed by atoms with Gasteiger partial charge in [0, 0.05) is 5.69 Å². The highest BCUT2D eigenvalue weighted by Gasteiger charge is 2.14. The lowest BCUT2D eigenvalue weighted by Gasteiger charge is -2.09. The molecule has 0 saturated heterocycles. The van der Waals surface area contributed by atoms with Crippen LogP contribution in [0.15, 0.2) is 71.8 Å². The van der Waals surface area contributed by atoms with E-state index in [0.717, 1.165) is 29.1 Å². The van der Waals surface area contributed by atoms with Crippen LogP contribution in [0.25, 0.3) is 0 Å². The lowest BCUT2D eigenvalue weighted by Crippen LogP contribution is -2.13. The summed E-state index contributed by atoms with van der Waals surface area (Å²) >= 11 is 0. The third kappa shape index (κ3) is 4.33. The van der Waals surface area contributed by atoms with Crippen molar-refractivity contribution in [1.82, 2.24) is 4.98 Å². The number of rotatable bonds is 5. The van der Waals surface area contributed by atoms with E-state index in [2.05, 4.69) is 15.0 Å². The number of anilines is 3. The first-order valence-corrected chi connectivity index (χ1v) is 8.99. The molecule has 0 radical (unpaired) electrons. The Kier molecular flexibility index (Phi) is 4.67. The zero-order chi connectivity index (χ0) is 17.9. The Hall–Kier alpha value is -2.93. The molecule has 0 amide bonds. The van der Waals surface area contributed by atoms with Gasteiger partial charge < -0.3 is 5.32 Å². The minimum Gasteiger partial charge on any atom is -0.354 e. The summed E-state index contributed by atoms with van der Waals surface area (Å²) in [5.41, 5.74) is 2.78. The van der Waals surface area contributed by atoms with Crippen molar-refractivity contribution in [3.8, 4) is 0 Å². The number of nitrogens with zero attached hydrogens (tertiary/aromatic N) is 1. The average molecular weight is 357 g/mol. The Balaban J connectivity index is 1.73. The molecule has 1 aromatic heterocycles. The Morgan fingerprint density at radius 3 is 2.36 bits per heavy atom. The normalized spacial score (nSPS) is 11.1. The lowest BCUT2D eigenvalue weighted by molar-refractivity contribution is 0.599. The number of aromatic nitrogens is 1. The third-order valence-electron chi connectivity index (χ3n) is 3.43. The van der Waals surface area contributed by atoms with E-state index in [1.807, 2.05) is 31.2 Å². The zero-order valence-corrected chi connectivity index (χ0v) is 14.2. The Morgan fingerprint density at radius 2 is 1.72 bits per heavy atom. The molecular formula is C18H16FN3O2S. The average Bonchev–Trinajstić information content (AvgIpc) is 2.57. The van der Waals surface area contributed by atoms with E-state index >= 15 is 0 Å². The summed E-state index contributed by atoms with van der Waals surface area (Å²) in [5, 5.41) is 3.19. The highest BCUT2D eigenvalue weighted by molar-refractivity contribution is 7.92. The van der Waals surface area contributed by atoms with Crippen molar-refractivity contribution < 1.29 is 12.8 Å². The third-order valence-corrected chi connectivity index (χ3v) is 4.80. The molecule has 7 heteroatoms. The molecule has 128 valence electrons. The number of sulfonamides is 1. The standard InChI is InChI=1S/C18H16FN3O2S/c1-13-3-2-4-15(11-13)21-16-7-10-18(20-12-16)22-25(23,24)17-8-5-14(19)6-9-17/h2-12,21H,1H3,(H,20,22). The predicted molar refractivity (Wildman–Crippen MR) is 95.9 cm³/mol. The summed E-state index contributed by atoms with van der Waals surface area (Å²) in [5.74, 6) is -0.317. The van der Waals surface area contributed by atoms with Crippen LogP contribution < -0.4 is 10.0 Å². The molecule has 5 nitrogen and oxygen atoms in total. The number of halogens is 1. The van der Waals surface area contributed by atoms with Crippen molar-refractivity contribution in [2.45, 2.75) is 11.8 Å². The minimum atomic E-state index is -3.81. The van der Waals surface area contributed by atoms with Crippen LogP contribution in [-0.2, 0) is 10.0 Å². The smallest absolute Gasteiger partial charge is 0.263 e. The molecule has 3 aromatic rings. The van der Waals surface area contributed by atoms with Crippen LogP contribution in [0.3, 0.4) is 0 Å². The summed E-state index contributed by atoms with van der Waals surface area (Å²) in [6, 6.07) is 15.7. The topological polar surface area (TPSA) is 71.1 Å². The van der Waals surface area contributed by atoms with Crippen LogP contribution in [0.5, 0.6) is 0 Å². The van der Waals surface area contributed by atoms with Gasteiger partial charge in [0.25, 0.3) is 10.0 Å². The van der Waals surface area contributed by atoms with E-state index in [1.54, 1.807) is 12.1 Å². The molecule has 0 aliphatic carbocycles. The van der Waals surface area contributed by atoms with Gasteiger partial charge in [0.15, 0.2) is 0 Å². The summed E-state index contributed by atoms with van der Waals surface area (Å²) < 4.78 is 39.8. The van der Waals surface area contributed by atoms with Crippen LogP contribution in [0, 0.1) is 12.7 Å². The van der Waals surface area contributed by atoms with E-state index in [4.69, 9.17) is 0 Å². The summed E-state index contributed by atoms with van der Waals surface area (Å²) in [6.07, 6.45) is 1.53. The molecule has 25 heavy (non-hydrogen) atoms. The van der Waals surface area contributed by atoms with Crippen molar-refractivity contribution in [3.05, 3.63) is 78.2 Å². The van der Waals surface area contributed by atoms with Crippen LogP contribution >= 0.6 is 0 Å². The zero-order valence-electron chi connectivity index (χ0n) is 13.4. The van der Waals surface area contributed by atoms with Gasteiger partial charge in [0.2, 0.25) is 0 Å². The minimum absolute atomic E-state index is 0.0299. The lowest BCUT2D eigenvalue weighted by atomic mass is 10.2. The van der Waals surface area contributed by atoms with Crippen molar-refractivity contribution in [1.29, 1.82) is 0 Å². The second-order valence-electron chi connectivity index (χ2n) is 5.49. The van der Waals surface area contributed by atoms with Crippen molar-refractivity contribution in [2.75, 3.05) is 10.0 Å². The first-order chi connectivity index (χ1) is 11.9. The van der Waals surface area contributed by atoms with E-state index in [0.29, 0.717) is 0 Å². The quantitative estimate of drug-likeness (QED) is 0.722. The Bertz CT molecular complexity index is 972. The molecule has 1 heterocycles. The van der Waals surface area contributed by atoms with Gasteiger partial charge in [-0.05, 0) is 61.0 Å². The van der Waals surface area contributed by atoms with Gasteiger partial charge >= 0.3 is 0 Å². The van der Waals surface area contributed by atoms with Gasteiger partial charge in [-0.15, -0.1) is 0 Å². The number of hydrogen-bond donors (Lipinski definition) is 2. The van der Waals surface area contributed by atoms with Crippen LogP contribution in [0.1, 0.15) is 5.56 Å². The predicted octanol–water partition coefficient (Wildman–Crippen LogP) is 4.07. The maximum Gasteiger partial charge on any atom is 0.263 e. The van der Waals surface area contributed by atoms with E-state index in [1.165, 1.54) is 18.3 Å². The molecule has 0 saturated carbocycles. The molecule has 0 unspecified atom stereocenters. The van der Waals surface area contributed by atoms with Gasteiger partial charge in [-0.2, -0.15) is 0 Å². The summed E-state index contributed by atoms with van der Waals surface area (Å²) in [4.78, 5) is 4.07. The van der Waals surface area contributed by atoms with Crippen molar-refractivity contribution in [2.24, 2.45) is 0 Å². The molecule has 0 atom stereocenters. The SMILES string of the molecule is Cc1cccc(Nc2ccc(NS(=O)(=O)c3ccc(F)cc3)nc2)c1. The van der Waals surface area contributed by atoms with E-state index in [-0.39, 0.29) is 10.7 Å². The van der Waals surface area contributed by atoms with Gasteiger partial charge in [-0.3, -0.25) is 4.72 Å².